The zero-order valence-corrected chi connectivity index (χ0v) is 14.7. The second-order valence-electron chi connectivity index (χ2n) is 5.93. The number of benzene rings is 1. The molecule has 1 rings (SSSR count). The molecule has 3 N–H and O–H groups in total. The molecular formula is C18H26N2O5. The Bertz CT molecular complexity index is 575. The van der Waals surface area contributed by atoms with Crippen LogP contribution in [-0.4, -0.2) is 52.6 Å². The number of carbonyl (C=O) groups is 3. The highest BCUT2D eigenvalue weighted by Gasteiger charge is 2.18. The summed E-state index contributed by atoms with van der Waals surface area (Å²) in [5.41, 5.74) is 2.83. The summed E-state index contributed by atoms with van der Waals surface area (Å²) in [5, 5.41) is 20.6. The van der Waals surface area contributed by atoms with Crippen molar-refractivity contribution in [1.82, 2.24) is 4.90 Å². The minimum atomic E-state index is -1.17. The first-order valence-electron chi connectivity index (χ1n) is 8.43. The van der Waals surface area contributed by atoms with E-state index in [4.69, 9.17) is 10.2 Å². The lowest BCUT2D eigenvalue weighted by molar-refractivity contribution is -0.142. The van der Waals surface area contributed by atoms with Gasteiger partial charge in [-0.1, -0.05) is 44.9 Å². The van der Waals surface area contributed by atoms with Gasteiger partial charge in [0.05, 0.1) is 19.6 Å². The normalized spacial score (nSPS) is 10.7. The number of nitrogens with zero attached hydrogens (tertiary/aromatic N) is 1. The molecule has 0 unspecified atom stereocenters. The minimum Gasteiger partial charge on any atom is -0.480 e. The van der Waals surface area contributed by atoms with Gasteiger partial charge < -0.3 is 15.5 Å². The molecule has 0 spiro atoms. The van der Waals surface area contributed by atoms with Crippen LogP contribution in [0.3, 0.4) is 0 Å². The Kier molecular flexibility index (Phi) is 8.63. The van der Waals surface area contributed by atoms with Crippen molar-refractivity contribution in [2.45, 2.75) is 39.5 Å². The Hall–Kier alpha value is -2.41. The molecule has 0 saturated heterocycles. The highest BCUT2D eigenvalue weighted by molar-refractivity contribution is 5.94. The van der Waals surface area contributed by atoms with Crippen molar-refractivity contribution in [2.75, 3.05) is 25.0 Å². The number of hydrogen-bond donors (Lipinski definition) is 3. The van der Waals surface area contributed by atoms with Gasteiger partial charge in [-0.15, -0.1) is 0 Å². The number of carbonyl (C=O) groups excluding carboxylic acids is 1. The van der Waals surface area contributed by atoms with E-state index in [0.29, 0.717) is 0 Å². The van der Waals surface area contributed by atoms with E-state index in [-0.39, 0.29) is 6.54 Å². The molecule has 0 heterocycles. The first kappa shape index (κ1) is 20.6. The Morgan fingerprint density at radius 3 is 1.80 bits per heavy atom. The van der Waals surface area contributed by atoms with Crippen molar-refractivity contribution in [3.63, 3.8) is 0 Å². The van der Waals surface area contributed by atoms with Gasteiger partial charge in [0.15, 0.2) is 0 Å². The third-order valence-electron chi connectivity index (χ3n) is 3.63. The van der Waals surface area contributed by atoms with Crippen molar-refractivity contribution in [3.8, 4) is 0 Å². The fourth-order valence-electron chi connectivity index (χ4n) is 2.70. The average Bonchev–Trinajstić information content (AvgIpc) is 2.49. The molecule has 7 heteroatoms. The van der Waals surface area contributed by atoms with Crippen LogP contribution < -0.4 is 5.32 Å². The van der Waals surface area contributed by atoms with Crippen molar-refractivity contribution < 1.29 is 24.6 Å². The number of carboxylic acid groups (broad SMARTS) is 2. The summed E-state index contributed by atoms with van der Waals surface area (Å²) in [5.74, 6) is -2.76. The molecule has 0 aliphatic rings. The maximum atomic E-state index is 12.4. The minimum absolute atomic E-state index is 0.287. The molecule has 0 radical (unpaired) electrons. The average molecular weight is 350 g/mol. The summed E-state index contributed by atoms with van der Waals surface area (Å²) in [6.07, 6.45) is 3.51. The number of nitrogens with one attached hydrogen (secondary N) is 1. The van der Waals surface area contributed by atoms with E-state index in [2.05, 4.69) is 19.2 Å². The van der Waals surface area contributed by atoms with E-state index in [9.17, 15) is 14.4 Å². The van der Waals surface area contributed by atoms with E-state index in [1.807, 2.05) is 18.2 Å². The number of amides is 1. The van der Waals surface area contributed by atoms with Crippen LogP contribution in [0.1, 0.15) is 37.8 Å². The van der Waals surface area contributed by atoms with E-state index in [1.54, 1.807) is 0 Å². The van der Waals surface area contributed by atoms with Gasteiger partial charge in [0.25, 0.3) is 0 Å². The summed E-state index contributed by atoms with van der Waals surface area (Å²) in [4.78, 5) is 35.1. The topological polar surface area (TPSA) is 107 Å². The van der Waals surface area contributed by atoms with Gasteiger partial charge in [0.1, 0.15) is 0 Å². The largest absolute Gasteiger partial charge is 0.480 e. The molecule has 0 fully saturated rings. The predicted octanol–water partition coefficient (Wildman–Crippen LogP) is 2.00. The van der Waals surface area contributed by atoms with E-state index >= 15 is 0 Å². The van der Waals surface area contributed by atoms with Gasteiger partial charge in [0, 0.05) is 5.69 Å². The first-order valence-corrected chi connectivity index (χ1v) is 8.43. The molecule has 0 bridgehead atoms. The van der Waals surface area contributed by atoms with Gasteiger partial charge in [-0.3, -0.25) is 19.3 Å². The predicted molar refractivity (Wildman–Crippen MR) is 94.8 cm³/mol. The molecule has 1 aromatic rings. The lowest BCUT2D eigenvalue weighted by Gasteiger charge is -2.20. The number of carboxylic acids is 2. The molecule has 0 atom stereocenters. The third kappa shape index (κ3) is 7.34. The number of hydrogen-bond acceptors (Lipinski definition) is 4. The lowest BCUT2D eigenvalue weighted by atomic mass is 10.00. The van der Waals surface area contributed by atoms with Crippen LogP contribution in [0.25, 0.3) is 0 Å². The van der Waals surface area contributed by atoms with E-state index in [1.165, 1.54) is 0 Å². The summed E-state index contributed by atoms with van der Waals surface area (Å²) in [7, 11) is 0. The zero-order valence-electron chi connectivity index (χ0n) is 14.7. The standard InChI is InChI=1S/C18H26N2O5/c1-3-6-13-8-5-9-14(7-4-2)18(13)19-15(21)10-20(11-16(22)23)12-17(24)25/h5,8-9H,3-4,6-7,10-12H2,1-2H3,(H,19,21)(H,22,23)(H,24,25). The highest BCUT2D eigenvalue weighted by Crippen LogP contribution is 2.24. The Morgan fingerprint density at radius 2 is 1.40 bits per heavy atom. The van der Waals surface area contributed by atoms with Crippen LogP contribution in [0.5, 0.6) is 0 Å². The van der Waals surface area contributed by atoms with E-state index in [0.717, 1.165) is 47.4 Å². The number of anilines is 1. The Balaban J connectivity index is 2.92. The summed E-state index contributed by atoms with van der Waals surface area (Å²) >= 11 is 0. The number of aliphatic carboxylic acids is 2. The molecule has 0 saturated carbocycles. The molecular weight excluding hydrogens is 324 g/mol. The van der Waals surface area contributed by atoms with Crippen molar-refractivity contribution >= 4 is 23.5 Å². The molecule has 25 heavy (non-hydrogen) atoms. The van der Waals surface area contributed by atoms with Crippen molar-refractivity contribution in [1.29, 1.82) is 0 Å². The fraction of sp³-hybridized carbons (Fsp3) is 0.500. The Labute approximate surface area is 147 Å². The third-order valence-corrected chi connectivity index (χ3v) is 3.63. The second kappa shape index (κ2) is 10.5. The smallest absolute Gasteiger partial charge is 0.317 e. The molecule has 138 valence electrons. The maximum absolute atomic E-state index is 12.4. The van der Waals surface area contributed by atoms with Crippen LogP contribution in [0, 0.1) is 0 Å². The van der Waals surface area contributed by atoms with Gasteiger partial charge >= 0.3 is 11.9 Å². The molecule has 1 aromatic carbocycles. The highest BCUT2D eigenvalue weighted by atomic mass is 16.4. The quantitative estimate of drug-likeness (QED) is 0.563. The van der Waals surface area contributed by atoms with Crippen molar-refractivity contribution in [3.05, 3.63) is 29.3 Å². The van der Waals surface area contributed by atoms with Gasteiger partial charge in [-0.05, 0) is 24.0 Å². The zero-order chi connectivity index (χ0) is 18.8. The molecule has 1 amide bonds. The summed E-state index contributed by atoms with van der Waals surface area (Å²) in [6, 6.07) is 5.89. The molecule has 7 nitrogen and oxygen atoms in total. The fourth-order valence-corrected chi connectivity index (χ4v) is 2.70. The molecule has 0 aromatic heterocycles. The molecule has 0 aliphatic heterocycles. The number of aryl methyl sites for hydroxylation is 2. The van der Waals surface area contributed by atoms with Crippen LogP contribution in [0.4, 0.5) is 5.69 Å². The first-order chi connectivity index (χ1) is 11.9. The van der Waals surface area contributed by atoms with Gasteiger partial charge in [-0.25, -0.2) is 0 Å². The maximum Gasteiger partial charge on any atom is 0.317 e. The monoisotopic (exact) mass is 350 g/mol. The van der Waals surface area contributed by atoms with Crippen LogP contribution in [0.15, 0.2) is 18.2 Å². The van der Waals surface area contributed by atoms with Crippen LogP contribution in [0.2, 0.25) is 0 Å². The lowest BCUT2D eigenvalue weighted by Crippen LogP contribution is -2.40. The summed E-state index contributed by atoms with van der Waals surface area (Å²) in [6.45, 7) is 2.82. The van der Waals surface area contributed by atoms with Crippen LogP contribution in [-0.2, 0) is 27.2 Å². The van der Waals surface area contributed by atoms with Gasteiger partial charge in [0.2, 0.25) is 5.91 Å². The van der Waals surface area contributed by atoms with Gasteiger partial charge in [-0.2, -0.15) is 0 Å². The van der Waals surface area contributed by atoms with E-state index < -0.39 is 30.9 Å². The van der Waals surface area contributed by atoms with Crippen molar-refractivity contribution in [2.24, 2.45) is 0 Å². The molecule has 0 aliphatic carbocycles. The SMILES string of the molecule is CCCc1cccc(CCC)c1NC(=O)CN(CC(=O)O)CC(=O)O. The summed E-state index contributed by atoms with van der Waals surface area (Å²) < 4.78 is 0. The number of para-hydroxylation sites is 1. The number of rotatable bonds is 11. The second-order valence-corrected chi connectivity index (χ2v) is 5.93. The Morgan fingerprint density at radius 1 is 0.920 bits per heavy atom. The van der Waals surface area contributed by atoms with Crippen LogP contribution >= 0.6 is 0 Å².